The number of nitrogens with zero attached hydrogens (tertiary/aromatic N) is 5. The van der Waals surface area contributed by atoms with E-state index >= 15 is 0 Å². The first-order chi connectivity index (χ1) is 13.2. The Morgan fingerprint density at radius 1 is 1.15 bits per heavy atom. The molecule has 1 saturated heterocycles. The molecule has 5 rings (SSSR count). The number of rotatable bonds is 2. The van der Waals surface area contributed by atoms with Crippen LogP contribution in [0.3, 0.4) is 0 Å². The highest BCUT2D eigenvalue weighted by Gasteiger charge is 2.21. The minimum atomic E-state index is 0.0116. The van der Waals surface area contributed by atoms with E-state index in [9.17, 15) is 4.79 Å². The first kappa shape index (κ1) is 15.8. The average molecular weight is 361 g/mol. The summed E-state index contributed by atoms with van der Waals surface area (Å²) >= 11 is 0. The van der Waals surface area contributed by atoms with Crippen molar-refractivity contribution in [2.24, 2.45) is 0 Å². The molecule has 4 heterocycles. The Kier molecular flexibility index (Phi) is 3.56. The number of carbonyl (C=O) groups is 1. The Labute approximate surface area is 155 Å². The van der Waals surface area contributed by atoms with E-state index in [-0.39, 0.29) is 5.91 Å². The SMILES string of the molecule is Nn1c(-c2n[nH]c3ncc(C(=O)N4CCCCC4)cc23)nc2ccccc21. The van der Waals surface area contributed by atoms with Crippen molar-refractivity contribution in [3.63, 3.8) is 0 Å². The number of H-pyrrole nitrogens is 1. The molecule has 0 bridgehead atoms. The van der Waals surface area contributed by atoms with Gasteiger partial charge < -0.3 is 10.7 Å². The van der Waals surface area contributed by atoms with E-state index in [0.717, 1.165) is 42.4 Å². The van der Waals surface area contributed by atoms with Crippen molar-refractivity contribution < 1.29 is 4.79 Å². The van der Waals surface area contributed by atoms with Gasteiger partial charge in [0.15, 0.2) is 11.5 Å². The van der Waals surface area contributed by atoms with Crippen molar-refractivity contribution in [3.05, 3.63) is 42.1 Å². The van der Waals surface area contributed by atoms with Crippen LogP contribution in [0.1, 0.15) is 29.6 Å². The molecule has 0 unspecified atom stereocenters. The van der Waals surface area contributed by atoms with Crippen molar-refractivity contribution >= 4 is 28.0 Å². The number of nitrogens with one attached hydrogen (secondary N) is 1. The summed E-state index contributed by atoms with van der Waals surface area (Å²) in [6, 6.07) is 9.47. The third kappa shape index (κ3) is 2.52. The highest BCUT2D eigenvalue weighted by molar-refractivity contribution is 6.00. The van der Waals surface area contributed by atoms with Crippen LogP contribution in [-0.4, -0.2) is 48.7 Å². The number of pyridine rings is 1. The zero-order valence-corrected chi connectivity index (χ0v) is 14.7. The van der Waals surface area contributed by atoms with Crippen LogP contribution in [-0.2, 0) is 0 Å². The molecule has 136 valence electrons. The summed E-state index contributed by atoms with van der Waals surface area (Å²) in [6.07, 6.45) is 4.89. The van der Waals surface area contributed by atoms with Crippen LogP contribution >= 0.6 is 0 Å². The Balaban J connectivity index is 1.61. The molecule has 3 aromatic heterocycles. The van der Waals surface area contributed by atoms with Gasteiger partial charge >= 0.3 is 0 Å². The van der Waals surface area contributed by atoms with E-state index in [1.807, 2.05) is 35.2 Å². The number of hydrogen-bond acceptors (Lipinski definition) is 5. The second kappa shape index (κ2) is 6.08. The molecule has 1 aliphatic rings. The van der Waals surface area contributed by atoms with Gasteiger partial charge in [0.1, 0.15) is 5.69 Å². The molecule has 0 spiro atoms. The Morgan fingerprint density at radius 2 is 1.96 bits per heavy atom. The largest absolute Gasteiger partial charge is 0.339 e. The number of para-hydroxylation sites is 2. The number of amides is 1. The van der Waals surface area contributed by atoms with Gasteiger partial charge in [0.25, 0.3) is 5.91 Å². The fourth-order valence-corrected chi connectivity index (χ4v) is 3.68. The van der Waals surface area contributed by atoms with Crippen molar-refractivity contribution in [1.82, 2.24) is 29.7 Å². The molecule has 8 heteroatoms. The van der Waals surface area contributed by atoms with Gasteiger partial charge in [-0.1, -0.05) is 12.1 Å². The molecule has 27 heavy (non-hydrogen) atoms. The first-order valence-corrected chi connectivity index (χ1v) is 9.09. The summed E-state index contributed by atoms with van der Waals surface area (Å²) in [7, 11) is 0. The van der Waals surface area contributed by atoms with Gasteiger partial charge in [0.2, 0.25) is 0 Å². The quantitative estimate of drug-likeness (QED) is 0.533. The number of nitrogen functional groups attached to an aromatic ring is 1. The van der Waals surface area contributed by atoms with Crippen LogP contribution in [0, 0.1) is 0 Å². The fourth-order valence-electron chi connectivity index (χ4n) is 3.68. The first-order valence-electron chi connectivity index (χ1n) is 9.09. The van der Waals surface area contributed by atoms with Crippen LogP contribution in [0.4, 0.5) is 0 Å². The number of hydrogen-bond donors (Lipinski definition) is 2. The van der Waals surface area contributed by atoms with Gasteiger partial charge in [-0.3, -0.25) is 9.89 Å². The maximum absolute atomic E-state index is 12.8. The molecule has 0 radical (unpaired) electrons. The summed E-state index contributed by atoms with van der Waals surface area (Å²) in [6.45, 7) is 1.60. The third-order valence-corrected chi connectivity index (χ3v) is 5.11. The minimum Gasteiger partial charge on any atom is -0.339 e. The van der Waals surface area contributed by atoms with Crippen molar-refractivity contribution in [2.75, 3.05) is 18.9 Å². The molecule has 8 nitrogen and oxygen atoms in total. The number of fused-ring (bicyclic) bond motifs is 2. The molecule has 1 amide bonds. The smallest absolute Gasteiger partial charge is 0.255 e. The molecule has 1 aliphatic heterocycles. The molecule has 0 aliphatic carbocycles. The highest BCUT2D eigenvalue weighted by atomic mass is 16.2. The molecule has 1 fully saturated rings. The Morgan fingerprint density at radius 3 is 2.78 bits per heavy atom. The fraction of sp³-hybridized carbons (Fsp3) is 0.263. The summed E-state index contributed by atoms with van der Waals surface area (Å²) in [5, 5.41) is 8.00. The number of likely N-dealkylation sites (tertiary alicyclic amines) is 1. The number of aromatic amines is 1. The van der Waals surface area contributed by atoms with Gasteiger partial charge in [-0.25, -0.2) is 14.6 Å². The van der Waals surface area contributed by atoms with Crippen LogP contribution < -0.4 is 5.84 Å². The van der Waals surface area contributed by atoms with Gasteiger partial charge in [-0.05, 0) is 37.5 Å². The predicted octanol–water partition coefficient (Wildman–Crippen LogP) is 2.31. The maximum atomic E-state index is 12.8. The predicted molar refractivity (Wildman–Crippen MR) is 103 cm³/mol. The molecule has 0 atom stereocenters. The van der Waals surface area contributed by atoms with Crippen LogP contribution in [0.5, 0.6) is 0 Å². The number of carbonyl (C=O) groups excluding carboxylic acids is 1. The summed E-state index contributed by atoms with van der Waals surface area (Å²) in [5.41, 5.74) is 3.36. The zero-order valence-electron chi connectivity index (χ0n) is 14.7. The average Bonchev–Trinajstić information content (AvgIpc) is 3.28. The highest BCUT2D eigenvalue weighted by Crippen LogP contribution is 2.27. The topological polar surface area (TPSA) is 106 Å². The number of aromatic nitrogens is 5. The van der Waals surface area contributed by atoms with Crippen LogP contribution in [0.25, 0.3) is 33.6 Å². The molecular formula is C19H19N7O. The van der Waals surface area contributed by atoms with Gasteiger partial charge in [-0.15, -0.1) is 0 Å². The van der Waals surface area contributed by atoms with Crippen molar-refractivity contribution in [1.29, 1.82) is 0 Å². The molecule has 4 aromatic rings. The van der Waals surface area contributed by atoms with E-state index in [1.165, 1.54) is 11.1 Å². The van der Waals surface area contributed by atoms with E-state index < -0.39 is 0 Å². The van der Waals surface area contributed by atoms with Gasteiger partial charge in [0.05, 0.1) is 22.0 Å². The van der Waals surface area contributed by atoms with E-state index in [1.54, 1.807) is 6.20 Å². The molecular weight excluding hydrogens is 342 g/mol. The summed E-state index contributed by atoms with van der Waals surface area (Å²) in [4.78, 5) is 23.7. The minimum absolute atomic E-state index is 0.0116. The Hall–Kier alpha value is -3.42. The van der Waals surface area contributed by atoms with Crippen LogP contribution in [0.2, 0.25) is 0 Å². The van der Waals surface area contributed by atoms with E-state index in [0.29, 0.717) is 22.7 Å². The molecule has 0 saturated carbocycles. The van der Waals surface area contributed by atoms with Gasteiger partial charge in [0, 0.05) is 19.3 Å². The zero-order chi connectivity index (χ0) is 18.4. The number of nitrogens with two attached hydrogens (primary N) is 1. The lowest BCUT2D eigenvalue weighted by molar-refractivity contribution is 0.0724. The Bertz CT molecular complexity index is 1150. The van der Waals surface area contributed by atoms with Crippen molar-refractivity contribution in [2.45, 2.75) is 19.3 Å². The maximum Gasteiger partial charge on any atom is 0.255 e. The summed E-state index contributed by atoms with van der Waals surface area (Å²) < 4.78 is 1.52. The third-order valence-electron chi connectivity index (χ3n) is 5.11. The second-order valence-electron chi connectivity index (χ2n) is 6.84. The van der Waals surface area contributed by atoms with Crippen LogP contribution in [0.15, 0.2) is 36.5 Å². The second-order valence-corrected chi connectivity index (χ2v) is 6.84. The summed E-state index contributed by atoms with van der Waals surface area (Å²) in [5.74, 6) is 6.79. The van der Waals surface area contributed by atoms with E-state index in [2.05, 4.69) is 20.2 Å². The molecule has 3 N–H and O–H groups in total. The lowest BCUT2D eigenvalue weighted by Crippen LogP contribution is -2.35. The normalized spacial score (nSPS) is 14.9. The monoisotopic (exact) mass is 361 g/mol. The number of benzene rings is 1. The van der Waals surface area contributed by atoms with Gasteiger partial charge in [-0.2, -0.15) is 5.10 Å². The number of imidazole rings is 1. The number of piperidine rings is 1. The lowest BCUT2D eigenvalue weighted by atomic mass is 10.1. The van der Waals surface area contributed by atoms with Crippen molar-refractivity contribution in [3.8, 4) is 11.5 Å². The van der Waals surface area contributed by atoms with E-state index in [4.69, 9.17) is 5.84 Å². The molecule has 1 aromatic carbocycles. The standard InChI is InChI=1S/C19H19N7O/c20-26-15-7-3-2-6-14(15)22-18(26)16-13-10-12(11-21-17(13)24-23-16)19(27)25-8-4-1-5-9-25/h2-3,6-7,10-11H,1,4-5,8-9,20H2,(H,21,23,24). The lowest BCUT2D eigenvalue weighted by Gasteiger charge is -2.26.